The monoisotopic (exact) mass is 318 g/mol. The van der Waals surface area contributed by atoms with Crippen LogP contribution in [0.5, 0.6) is 5.75 Å². The molecule has 2 N–H and O–H groups in total. The zero-order valence-electron chi connectivity index (χ0n) is 14.2. The maximum Gasteiger partial charge on any atom is 0.123 e. The maximum atomic E-state index is 9.53. The van der Waals surface area contributed by atoms with Crippen LogP contribution in [0.3, 0.4) is 0 Å². The van der Waals surface area contributed by atoms with Gasteiger partial charge in [-0.3, -0.25) is 4.90 Å². The average Bonchev–Trinajstić information content (AvgIpc) is 3.06. The van der Waals surface area contributed by atoms with Crippen molar-refractivity contribution < 1.29 is 9.84 Å². The van der Waals surface area contributed by atoms with Gasteiger partial charge in [0.05, 0.1) is 6.61 Å². The van der Waals surface area contributed by atoms with Gasteiger partial charge in [0.25, 0.3) is 0 Å². The first-order valence-corrected chi connectivity index (χ1v) is 9.06. The number of hydrogen-bond acceptors (Lipinski definition) is 4. The minimum atomic E-state index is 0.333. The lowest BCUT2D eigenvalue weighted by Crippen LogP contribution is -2.38. The minimum Gasteiger partial charge on any atom is -0.494 e. The molecule has 0 aromatic heterocycles. The highest BCUT2D eigenvalue weighted by molar-refractivity contribution is 5.33. The van der Waals surface area contributed by atoms with E-state index in [4.69, 9.17) is 4.74 Å². The molecule has 0 radical (unpaired) electrons. The van der Waals surface area contributed by atoms with Crippen LogP contribution in [-0.2, 0) is 6.54 Å². The summed E-state index contributed by atoms with van der Waals surface area (Å²) in [5.41, 5.74) is 1.29. The third kappa shape index (κ3) is 4.06. The lowest BCUT2D eigenvalue weighted by atomic mass is 9.79. The Morgan fingerprint density at radius 2 is 2.00 bits per heavy atom. The number of nitrogens with one attached hydrogen (secondary N) is 1. The van der Waals surface area contributed by atoms with Crippen LogP contribution in [0.15, 0.2) is 24.3 Å². The molecule has 0 bridgehead atoms. The molecule has 0 unspecified atom stereocenters. The van der Waals surface area contributed by atoms with Gasteiger partial charge in [0.2, 0.25) is 0 Å². The molecule has 4 heteroatoms. The predicted octanol–water partition coefficient (Wildman–Crippen LogP) is 2.13. The van der Waals surface area contributed by atoms with Gasteiger partial charge in [0.1, 0.15) is 5.75 Å². The van der Waals surface area contributed by atoms with Crippen LogP contribution >= 0.6 is 0 Å². The summed E-state index contributed by atoms with van der Waals surface area (Å²) in [5, 5.41) is 13.0. The average molecular weight is 318 g/mol. The SMILES string of the molecule is CCOc1ccccc1CN1CCC([C@@H]2CNC[C@H]2CO)CC1. The Bertz CT molecular complexity index is 486. The normalized spacial score (nSPS) is 26.5. The van der Waals surface area contributed by atoms with Crippen LogP contribution in [0.2, 0.25) is 0 Å². The van der Waals surface area contributed by atoms with E-state index in [1.54, 1.807) is 0 Å². The van der Waals surface area contributed by atoms with Crippen molar-refractivity contribution in [2.45, 2.75) is 26.3 Å². The molecule has 2 saturated heterocycles. The summed E-state index contributed by atoms with van der Waals surface area (Å²) < 4.78 is 5.75. The van der Waals surface area contributed by atoms with E-state index in [0.29, 0.717) is 18.4 Å². The summed E-state index contributed by atoms with van der Waals surface area (Å²) in [6.45, 7) is 8.45. The third-order valence-electron chi connectivity index (χ3n) is 5.53. The molecule has 1 aromatic carbocycles. The van der Waals surface area contributed by atoms with Crippen LogP contribution in [-0.4, -0.2) is 49.4 Å². The Morgan fingerprint density at radius 1 is 1.22 bits per heavy atom. The second kappa shape index (κ2) is 8.13. The van der Waals surface area contributed by atoms with Gasteiger partial charge in [-0.2, -0.15) is 0 Å². The number of benzene rings is 1. The van der Waals surface area contributed by atoms with Gasteiger partial charge in [-0.25, -0.2) is 0 Å². The second-order valence-electron chi connectivity index (χ2n) is 6.92. The Morgan fingerprint density at radius 3 is 2.74 bits per heavy atom. The number of likely N-dealkylation sites (tertiary alicyclic amines) is 1. The molecule has 2 aliphatic heterocycles. The molecule has 2 atom stereocenters. The van der Waals surface area contributed by atoms with Gasteiger partial charge in [0, 0.05) is 25.3 Å². The van der Waals surface area contributed by atoms with Crippen molar-refractivity contribution >= 4 is 0 Å². The molecule has 1 aromatic rings. The third-order valence-corrected chi connectivity index (χ3v) is 5.53. The fraction of sp³-hybridized carbons (Fsp3) is 0.684. The second-order valence-corrected chi connectivity index (χ2v) is 6.92. The van der Waals surface area contributed by atoms with Crippen molar-refractivity contribution in [1.82, 2.24) is 10.2 Å². The zero-order chi connectivity index (χ0) is 16.1. The van der Waals surface area contributed by atoms with Gasteiger partial charge in [-0.15, -0.1) is 0 Å². The standard InChI is InChI=1S/C19H30N2O2/c1-2-23-19-6-4-3-5-16(19)13-21-9-7-15(8-10-21)18-12-20-11-17(18)14-22/h3-6,15,17-18,20,22H,2,7-14H2,1H3/t17-,18-/m0/s1. The van der Waals surface area contributed by atoms with Gasteiger partial charge in [-0.05, 0) is 63.2 Å². The highest BCUT2D eigenvalue weighted by Gasteiger charge is 2.34. The molecule has 3 rings (SSSR count). The number of hydrogen-bond donors (Lipinski definition) is 2. The summed E-state index contributed by atoms with van der Waals surface area (Å²) in [7, 11) is 0. The molecular weight excluding hydrogens is 288 g/mol. The van der Waals surface area contributed by atoms with E-state index in [2.05, 4.69) is 28.4 Å². The van der Waals surface area contributed by atoms with E-state index >= 15 is 0 Å². The Kier molecular flexibility index (Phi) is 5.92. The van der Waals surface area contributed by atoms with Gasteiger partial charge in [0.15, 0.2) is 0 Å². The van der Waals surface area contributed by atoms with Crippen LogP contribution in [0, 0.1) is 17.8 Å². The van der Waals surface area contributed by atoms with Crippen LogP contribution in [0.4, 0.5) is 0 Å². The lowest BCUT2D eigenvalue weighted by Gasteiger charge is -2.36. The Labute approximate surface area is 139 Å². The molecule has 23 heavy (non-hydrogen) atoms. The van der Waals surface area contributed by atoms with Crippen LogP contribution in [0.1, 0.15) is 25.3 Å². The maximum absolute atomic E-state index is 9.53. The molecule has 0 aliphatic carbocycles. The highest BCUT2D eigenvalue weighted by Crippen LogP contribution is 2.33. The summed E-state index contributed by atoms with van der Waals surface area (Å²) in [6.07, 6.45) is 2.50. The summed E-state index contributed by atoms with van der Waals surface area (Å²) in [5.74, 6) is 2.92. The van der Waals surface area contributed by atoms with Crippen molar-refractivity contribution in [2.75, 3.05) is 39.4 Å². The van der Waals surface area contributed by atoms with E-state index in [1.807, 2.05) is 13.0 Å². The quantitative estimate of drug-likeness (QED) is 0.843. The van der Waals surface area contributed by atoms with Gasteiger partial charge < -0.3 is 15.2 Å². The van der Waals surface area contributed by atoms with Crippen molar-refractivity contribution in [3.05, 3.63) is 29.8 Å². The number of aliphatic hydroxyl groups is 1. The van der Waals surface area contributed by atoms with E-state index in [1.165, 1.54) is 18.4 Å². The summed E-state index contributed by atoms with van der Waals surface area (Å²) in [4.78, 5) is 2.55. The number of aliphatic hydroxyl groups excluding tert-OH is 1. The number of ether oxygens (including phenoxy) is 1. The summed E-state index contributed by atoms with van der Waals surface area (Å²) in [6, 6.07) is 8.39. The van der Waals surface area contributed by atoms with E-state index in [-0.39, 0.29) is 0 Å². The van der Waals surface area contributed by atoms with Crippen molar-refractivity contribution in [3.8, 4) is 5.75 Å². The molecule has 128 valence electrons. The van der Waals surface area contributed by atoms with E-state index in [9.17, 15) is 5.11 Å². The van der Waals surface area contributed by atoms with E-state index in [0.717, 1.165) is 51.0 Å². The smallest absolute Gasteiger partial charge is 0.123 e. The van der Waals surface area contributed by atoms with Crippen LogP contribution < -0.4 is 10.1 Å². The first-order chi connectivity index (χ1) is 11.3. The molecule has 4 nitrogen and oxygen atoms in total. The first kappa shape index (κ1) is 16.7. The van der Waals surface area contributed by atoms with Crippen LogP contribution in [0.25, 0.3) is 0 Å². The number of para-hydroxylation sites is 1. The first-order valence-electron chi connectivity index (χ1n) is 9.06. The molecule has 2 heterocycles. The molecule has 0 amide bonds. The molecule has 2 fully saturated rings. The number of piperidine rings is 1. The number of rotatable bonds is 6. The predicted molar refractivity (Wildman–Crippen MR) is 92.5 cm³/mol. The Hall–Kier alpha value is -1.10. The highest BCUT2D eigenvalue weighted by atomic mass is 16.5. The molecule has 2 aliphatic rings. The summed E-state index contributed by atoms with van der Waals surface area (Å²) >= 11 is 0. The fourth-order valence-electron chi connectivity index (χ4n) is 4.22. The lowest BCUT2D eigenvalue weighted by molar-refractivity contribution is 0.107. The van der Waals surface area contributed by atoms with Crippen molar-refractivity contribution in [2.24, 2.45) is 17.8 Å². The molecular formula is C19H30N2O2. The van der Waals surface area contributed by atoms with Gasteiger partial charge >= 0.3 is 0 Å². The van der Waals surface area contributed by atoms with E-state index < -0.39 is 0 Å². The topological polar surface area (TPSA) is 44.7 Å². The number of nitrogens with zero attached hydrogens (tertiary/aromatic N) is 1. The van der Waals surface area contributed by atoms with Crippen molar-refractivity contribution in [3.63, 3.8) is 0 Å². The van der Waals surface area contributed by atoms with Crippen molar-refractivity contribution in [1.29, 1.82) is 0 Å². The Balaban J connectivity index is 1.53. The minimum absolute atomic E-state index is 0.333. The zero-order valence-corrected chi connectivity index (χ0v) is 14.2. The molecule has 0 spiro atoms. The largest absolute Gasteiger partial charge is 0.494 e. The molecule has 0 saturated carbocycles. The fourth-order valence-corrected chi connectivity index (χ4v) is 4.22. The van der Waals surface area contributed by atoms with Gasteiger partial charge in [-0.1, -0.05) is 18.2 Å².